The number of benzene rings is 2. The number of hydrogen-bond acceptors (Lipinski definition) is 5. The summed E-state index contributed by atoms with van der Waals surface area (Å²) in [5.74, 6) is 1.06. The van der Waals surface area contributed by atoms with E-state index in [0.717, 1.165) is 16.1 Å². The molecule has 0 aromatic heterocycles. The number of nitrogens with zero attached hydrogens (tertiary/aromatic N) is 1. The average Bonchev–Trinajstić information content (AvgIpc) is 2.67. The van der Waals surface area contributed by atoms with Crippen molar-refractivity contribution in [3.63, 3.8) is 0 Å². The Morgan fingerprint density at radius 3 is 2.18 bits per heavy atom. The number of ether oxygens (including phenoxy) is 2. The van der Waals surface area contributed by atoms with Crippen molar-refractivity contribution in [1.29, 1.82) is 0 Å². The Labute approximate surface area is 166 Å². The highest BCUT2D eigenvalue weighted by atomic mass is 32.2. The zero-order chi connectivity index (χ0) is 20.7. The van der Waals surface area contributed by atoms with Crippen molar-refractivity contribution in [1.82, 2.24) is 5.32 Å². The smallest absolute Gasteiger partial charge is 0.251 e. The van der Waals surface area contributed by atoms with Gasteiger partial charge in [-0.3, -0.25) is 9.10 Å². The predicted octanol–water partition coefficient (Wildman–Crippen LogP) is 2.81. The van der Waals surface area contributed by atoms with Crippen LogP contribution in [0.15, 0.2) is 42.5 Å². The van der Waals surface area contributed by atoms with E-state index in [9.17, 15) is 13.2 Å². The third-order valence-electron chi connectivity index (χ3n) is 4.05. The first kappa shape index (κ1) is 21.6. The molecule has 2 aromatic rings. The molecular weight excluding hydrogens is 380 g/mol. The number of carbonyl (C=O) groups excluding carboxylic acids is 1. The summed E-state index contributed by atoms with van der Waals surface area (Å²) in [6, 6.07) is 11.9. The molecule has 7 nitrogen and oxygen atoms in total. The minimum absolute atomic E-state index is 0.250. The maximum Gasteiger partial charge on any atom is 0.251 e. The zero-order valence-corrected chi connectivity index (χ0v) is 17.4. The van der Waals surface area contributed by atoms with Crippen LogP contribution in [0, 0.1) is 0 Å². The summed E-state index contributed by atoms with van der Waals surface area (Å²) in [5, 5.41) is 2.85. The van der Waals surface area contributed by atoms with Crippen molar-refractivity contribution in [3.8, 4) is 11.5 Å². The van der Waals surface area contributed by atoms with E-state index < -0.39 is 10.0 Å². The van der Waals surface area contributed by atoms with Crippen LogP contribution in [0.2, 0.25) is 0 Å². The lowest BCUT2D eigenvalue weighted by Gasteiger charge is -2.16. The quantitative estimate of drug-likeness (QED) is 0.692. The molecule has 0 spiro atoms. The fourth-order valence-electron chi connectivity index (χ4n) is 2.50. The number of hydrogen-bond donors (Lipinski definition) is 1. The molecule has 1 amide bonds. The van der Waals surface area contributed by atoms with Crippen LogP contribution in [0.5, 0.6) is 11.5 Å². The van der Waals surface area contributed by atoms with Gasteiger partial charge in [0.1, 0.15) is 0 Å². The Hall–Kier alpha value is -2.74. The second-order valence-corrected chi connectivity index (χ2v) is 8.12. The zero-order valence-electron chi connectivity index (χ0n) is 16.6. The van der Waals surface area contributed by atoms with Crippen LogP contribution >= 0.6 is 0 Å². The Morgan fingerprint density at radius 1 is 1.00 bits per heavy atom. The first-order valence-corrected chi connectivity index (χ1v) is 10.8. The van der Waals surface area contributed by atoms with Gasteiger partial charge in [0.2, 0.25) is 10.0 Å². The fraction of sp³-hybridized carbons (Fsp3) is 0.350. The second-order valence-electron chi connectivity index (χ2n) is 6.11. The van der Waals surface area contributed by atoms with Gasteiger partial charge in [-0.1, -0.05) is 6.07 Å². The molecular formula is C20H26N2O5S. The first-order chi connectivity index (χ1) is 13.3. The lowest BCUT2D eigenvalue weighted by atomic mass is 10.1. The lowest BCUT2D eigenvalue weighted by Crippen LogP contribution is -2.25. The van der Waals surface area contributed by atoms with Crippen molar-refractivity contribution in [2.24, 2.45) is 0 Å². The Morgan fingerprint density at radius 2 is 1.61 bits per heavy atom. The van der Waals surface area contributed by atoms with Gasteiger partial charge in [0, 0.05) is 19.2 Å². The van der Waals surface area contributed by atoms with Crippen LogP contribution in [0.25, 0.3) is 0 Å². The first-order valence-electron chi connectivity index (χ1n) is 8.97. The van der Waals surface area contributed by atoms with E-state index in [-0.39, 0.29) is 5.91 Å². The molecule has 0 bridgehead atoms. The lowest BCUT2D eigenvalue weighted by molar-refractivity contribution is 0.0951. The minimum atomic E-state index is -3.34. The molecule has 2 rings (SSSR count). The average molecular weight is 407 g/mol. The number of carbonyl (C=O) groups is 1. The Balaban J connectivity index is 2.04. The summed E-state index contributed by atoms with van der Waals surface area (Å²) < 4.78 is 35.4. The van der Waals surface area contributed by atoms with Crippen LogP contribution in [0.3, 0.4) is 0 Å². The molecule has 0 saturated heterocycles. The second kappa shape index (κ2) is 9.45. The van der Waals surface area contributed by atoms with Gasteiger partial charge in [0.15, 0.2) is 11.5 Å². The molecule has 2 aromatic carbocycles. The molecule has 0 atom stereocenters. The van der Waals surface area contributed by atoms with Crippen LogP contribution in [-0.4, -0.2) is 40.8 Å². The van der Waals surface area contributed by atoms with E-state index in [2.05, 4.69) is 5.32 Å². The van der Waals surface area contributed by atoms with Gasteiger partial charge in [-0.05, 0) is 55.8 Å². The standard InChI is InChI=1S/C20H26N2O5S/c1-5-26-18-12-7-15(13-19(18)27-6-2)14-21-20(23)16-8-10-17(11-9-16)22(3)28(4,24)25/h7-13H,5-6,14H2,1-4H3,(H,21,23). The molecule has 1 N–H and O–H groups in total. The van der Waals surface area contributed by atoms with Gasteiger partial charge in [0.05, 0.1) is 25.2 Å². The topological polar surface area (TPSA) is 84.9 Å². The molecule has 0 saturated carbocycles. The van der Waals surface area contributed by atoms with Crippen LogP contribution < -0.4 is 19.1 Å². The van der Waals surface area contributed by atoms with Crippen molar-refractivity contribution >= 4 is 21.6 Å². The number of amides is 1. The van der Waals surface area contributed by atoms with Gasteiger partial charge in [-0.15, -0.1) is 0 Å². The summed E-state index contributed by atoms with van der Waals surface area (Å²) in [6.07, 6.45) is 1.13. The van der Waals surface area contributed by atoms with Crippen molar-refractivity contribution in [2.45, 2.75) is 20.4 Å². The Kier molecular flexibility index (Phi) is 7.28. The fourth-order valence-corrected chi connectivity index (χ4v) is 3.01. The highest BCUT2D eigenvalue weighted by Gasteiger charge is 2.13. The summed E-state index contributed by atoms with van der Waals surface area (Å²) in [4.78, 5) is 12.4. The van der Waals surface area contributed by atoms with Crippen LogP contribution in [0.4, 0.5) is 5.69 Å². The largest absolute Gasteiger partial charge is 0.490 e. The van der Waals surface area contributed by atoms with Gasteiger partial charge in [-0.25, -0.2) is 8.42 Å². The summed E-state index contributed by atoms with van der Waals surface area (Å²) in [5.41, 5.74) is 1.82. The number of sulfonamides is 1. The van der Waals surface area contributed by atoms with E-state index in [1.165, 1.54) is 7.05 Å². The third-order valence-corrected chi connectivity index (χ3v) is 5.26. The molecule has 0 aliphatic rings. The molecule has 0 radical (unpaired) electrons. The van der Waals surface area contributed by atoms with Crippen molar-refractivity contribution < 1.29 is 22.7 Å². The number of rotatable bonds is 9. The third kappa shape index (κ3) is 5.63. The van der Waals surface area contributed by atoms with Gasteiger partial charge in [-0.2, -0.15) is 0 Å². The molecule has 0 heterocycles. The van der Waals surface area contributed by atoms with Crippen LogP contribution in [-0.2, 0) is 16.6 Å². The minimum Gasteiger partial charge on any atom is -0.490 e. The molecule has 0 unspecified atom stereocenters. The normalized spacial score (nSPS) is 11.0. The van der Waals surface area contributed by atoms with E-state index in [4.69, 9.17) is 9.47 Å². The summed E-state index contributed by atoms with van der Waals surface area (Å²) in [6.45, 7) is 5.19. The van der Waals surface area contributed by atoms with E-state index >= 15 is 0 Å². The summed E-state index contributed by atoms with van der Waals surface area (Å²) in [7, 11) is -1.88. The Bertz CT molecular complexity index is 911. The van der Waals surface area contributed by atoms with E-state index in [1.807, 2.05) is 32.0 Å². The maximum absolute atomic E-state index is 12.4. The highest BCUT2D eigenvalue weighted by molar-refractivity contribution is 7.92. The monoisotopic (exact) mass is 406 g/mol. The SMILES string of the molecule is CCOc1ccc(CNC(=O)c2ccc(N(C)S(C)(=O)=O)cc2)cc1OCC. The van der Waals surface area contributed by atoms with Crippen molar-refractivity contribution in [2.75, 3.05) is 30.8 Å². The molecule has 28 heavy (non-hydrogen) atoms. The van der Waals surface area contributed by atoms with Gasteiger partial charge >= 0.3 is 0 Å². The predicted molar refractivity (Wildman–Crippen MR) is 110 cm³/mol. The molecule has 152 valence electrons. The highest BCUT2D eigenvalue weighted by Crippen LogP contribution is 2.28. The number of nitrogens with one attached hydrogen (secondary N) is 1. The van der Waals surface area contributed by atoms with Crippen molar-refractivity contribution in [3.05, 3.63) is 53.6 Å². The molecule has 0 fully saturated rings. The van der Waals surface area contributed by atoms with E-state index in [0.29, 0.717) is 42.5 Å². The number of anilines is 1. The molecule has 0 aliphatic carbocycles. The summed E-state index contributed by atoms with van der Waals surface area (Å²) >= 11 is 0. The molecule has 0 aliphatic heterocycles. The van der Waals surface area contributed by atoms with Gasteiger partial charge < -0.3 is 14.8 Å². The maximum atomic E-state index is 12.4. The van der Waals surface area contributed by atoms with E-state index in [1.54, 1.807) is 24.3 Å². The van der Waals surface area contributed by atoms with Gasteiger partial charge in [0.25, 0.3) is 5.91 Å². The van der Waals surface area contributed by atoms with Crippen LogP contribution in [0.1, 0.15) is 29.8 Å². The molecule has 8 heteroatoms.